The van der Waals surface area contributed by atoms with Crippen LogP contribution in [0.15, 0.2) is 42.5 Å². The summed E-state index contributed by atoms with van der Waals surface area (Å²) in [4.78, 5) is 2.36. The zero-order valence-electron chi connectivity index (χ0n) is 12.3. The van der Waals surface area contributed by atoms with E-state index in [1.807, 2.05) is 0 Å². The lowest BCUT2D eigenvalue weighted by Gasteiger charge is -2.17. The molecule has 0 aliphatic carbocycles. The van der Waals surface area contributed by atoms with Crippen LogP contribution >= 0.6 is 0 Å². The molecule has 1 aliphatic heterocycles. The molecule has 2 heteroatoms. The van der Waals surface area contributed by atoms with Gasteiger partial charge in [-0.25, -0.2) is 0 Å². The van der Waals surface area contributed by atoms with Gasteiger partial charge in [0.15, 0.2) is 0 Å². The maximum atomic E-state index is 3.45. The third kappa shape index (κ3) is 3.02. The van der Waals surface area contributed by atoms with Gasteiger partial charge in [0.1, 0.15) is 0 Å². The summed E-state index contributed by atoms with van der Waals surface area (Å²) in [5.74, 6) is 0. The molecule has 3 rings (SSSR count). The molecule has 2 nitrogen and oxygen atoms in total. The summed E-state index contributed by atoms with van der Waals surface area (Å²) >= 11 is 0. The first kappa shape index (κ1) is 13.2. The molecule has 104 valence electrons. The van der Waals surface area contributed by atoms with Crippen molar-refractivity contribution in [2.45, 2.75) is 26.4 Å². The van der Waals surface area contributed by atoms with Crippen LogP contribution in [-0.4, -0.2) is 18.5 Å². The molecule has 0 bridgehead atoms. The van der Waals surface area contributed by atoms with E-state index in [-0.39, 0.29) is 0 Å². The van der Waals surface area contributed by atoms with E-state index >= 15 is 0 Å². The molecule has 0 aromatic heterocycles. The van der Waals surface area contributed by atoms with E-state index in [1.165, 1.54) is 27.9 Å². The Hall–Kier alpha value is -1.80. The minimum absolute atomic E-state index is 0.989. The van der Waals surface area contributed by atoms with Crippen molar-refractivity contribution in [1.29, 1.82) is 0 Å². The third-order valence-corrected chi connectivity index (χ3v) is 3.91. The van der Waals surface area contributed by atoms with Crippen LogP contribution in [0, 0.1) is 6.92 Å². The standard InChI is InChI=1S/C18H22N2/c1-14-3-5-15(6-4-14)12-20(2)13-16-7-8-17-9-10-19-18(17)11-16/h3-8,11,19H,9-10,12-13H2,1-2H3. The van der Waals surface area contributed by atoms with Gasteiger partial charge in [-0.1, -0.05) is 42.0 Å². The highest BCUT2D eigenvalue weighted by Crippen LogP contribution is 2.23. The van der Waals surface area contributed by atoms with Crippen LogP contribution in [0.1, 0.15) is 22.3 Å². The highest BCUT2D eigenvalue weighted by molar-refractivity contribution is 5.57. The Labute approximate surface area is 121 Å². The molecule has 0 fully saturated rings. The van der Waals surface area contributed by atoms with Gasteiger partial charge in [0.05, 0.1) is 0 Å². The van der Waals surface area contributed by atoms with Crippen molar-refractivity contribution in [3.8, 4) is 0 Å². The highest BCUT2D eigenvalue weighted by Gasteiger charge is 2.10. The minimum Gasteiger partial charge on any atom is -0.384 e. The van der Waals surface area contributed by atoms with E-state index in [9.17, 15) is 0 Å². The highest BCUT2D eigenvalue weighted by atomic mass is 15.1. The number of hydrogen-bond donors (Lipinski definition) is 1. The average molecular weight is 266 g/mol. The number of aryl methyl sites for hydroxylation is 1. The fourth-order valence-electron chi connectivity index (χ4n) is 2.81. The van der Waals surface area contributed by atoms with Crippen molar-refractivity contribution in [1.82, 2.24) is 4.90 Å². The van der Waals surface area contributed by atoms with Gasteiger partial charge >= 0.3 is 0 Å². The van der Waals surface area contributed by atoms with Gasteiger partial charge in [0, 0.05) is 25.3 Å². The monoisotopic (exact) mass is 266 g/mol. The second kappa shape index (κ2) is 5.68. The zero-order valence-corrected chi connectivity index (χ0v) is 12.3. The topological polar surface area (TPSA) is 15.3 Å². The molecule has 1 aliphatic rings. The van der Waals surface area contributed by atoms with E-state index < -0.39 is 0 Å². The molecule has 20 heavy (non-hydrogen) atoms. The van der Waals surface area contributed by atoms with Crippen LogP contribution in [-0.2, 0) is 19.5 Å². The normalized spacial score (nSPS) is 13.3. The minimum atomic E-state index is 0.989. The molecule has 0 saturated carbocycles. The lowest BCUT2D eigenvalue weighted by molar-refractivity contribution is 0.319. The summed E-state index contributed by atoms with van der Waals surface area (Å²) in [6.07, 6.45) is 1.16. The first-order valence-corrected chi connectivity index (χ1v) is 7.30. The molecular formula is C18H22N2. The summed E-state index contributed by atoms with van der Waals surface area (Å²) < 4.78 is 0. The number of benzene rings is 2. The quantitative estimate of drug-likeness (QED) is 0.909. The van der Waals surface area contributed by atoms with Gasteiger partial charge in [-0.2, -0.15) is 0 Å². The van der Waals surface area contributed by atoms with E-state index in [1.54, 1.807) is 0 Å². The second-order valence-electron chi connectivity index (χ2n) is 5.83. The SMILES string of the molecule is Cc1ccc(CN(C)Cc2ccc3c(c2)NCC3)cc1. The van der Waals surface area contributed by atoms with Crippen molar-refractivity contribution in [3.05, 3.63) is 64.7 Å². The number of fused-ring (bicyclic) bond motifs is 1. The first-order valence-electron chi connectivity index (χ1n) is 7.30. The molecule has 1 N–H and O–H groups in total. The van der Waals surface area contributed by atoms with Crippen LogP contribution in [0.2, 0.25) is 0 Å². The van der Waals surface area contributed by atoms with Gasteiger partial charge < -0.3 is 5.32 Å². The van der Waals surface area contributed by atoms with Crippen molar-refractivity contribution in [2.75, 3.05) is 18.9 Å². The molecule has 1 heterocycles. The summed E-state index contributed by atoms with van der Waals surface area (Å²) in [6, 6.07) is 15.6. The average Bonchev–Trinajstić information content (AvgIpc) is 2.89. The number of rotatable bonds is 4. The zero-order chi connectivity index (χ0) is 13.9. The Morgan fingerprint density at radius 1 is 1.00 bits per heavy atom. The summed E-state index contributed by atoms with van der Waals surface area (Å²) in [5.41, 5.74) is 6.85. The van der Waals surface area contributed by atoms with E-state index in [0.29, 0.717) is 0 Å². The van der Waals surface area contributed by atoms with E-state index in [0.717, 1.165) is 26.1 Å². The molecule has 0 saturated heterocycles. The second-order valence-corrected chi connectivity index (χ2v) is 5.83. The van der Waals surface area contributed by atoms with Crippen molar-refractivity contribution >= 4 is 5.69 Å². The van der Waals surface area contributed by atoms with Crippen molar-refractivity contribution < 1.29 is 0 Å². The van der Waals surface area contributed by atoms with Crippen LogP contribution in [0.5, 0.6) is 0 Å². The van der Waals surface area contributed by atoms with Crippen LogP contribution < -0.4 is 5.32 Å². The van der Waals surface area contributed by atoms with Crippen molar-refractivity contribution in [3.63, 3.8) is 0 Å². The van der Waals surface area contributed by atoms with Gasteiger partial charge in [-0.15, -0.1) is 0 Å². The largest absolute Gasteiger partial charge is 0.384 e. The lowest BCUT2D eigenvalue weighted by atomic mass is 10.1. The Kier molecular flexibility index (Phi) is 3.75. The molecule has 2 aromatic carbocycles. The van der Waals surface area contributed by atoms with Gasteiger partial charge in [-0.05, 0) is 43.1 Å². The maximum absolute atomic E-state index is 3.45. The number of hydrogen-bond acceptors (Lipinski definition) is 2. The fraction of sp³-hybridized carbons (Fsp3) is 0.333. The fourth-order valence-corrected chi connectivity index (χ4v) is 2.81. The predicted octanol–water partition coefficient (Wildman–Crippen LogP) is 3.60. The van der Waals surface area contributed by atoms with Gasteiger partial charge in [0.2, 0.25) is 0 Å². The molecule has 0 amide bonds. The van der Waals surface area contributed by atoms with E-state index in [2.05, 4.69) is 66.7 Å². The van der Waals surface area contributed by atoms with Crippen LogP contribution in [0.3, 0.4) is 0 Å². The molecule has 0 radical (unpaired) electrons. The summed E-state index contributed by atoms with van der Waals surface area (Å²) in [5, 5.41) is 3.45. The van der Waals surface area contributed by atoms with Crippen LogP contribution in [0.4, 0.5) is 5.69 Å². The molecule has 0 unspecified atom stereocenters. The Bertz CT molecular complexity index is 587. The van der Waals surface area contributed by atoms with Crippen molar-refractivity contribution in [2.24, 2.45) is 0 Å². The Morgan fingerprint density at radius 3 is 2.50 bits per heavy atom. The number of anilines is 1. The summed E-state index contributed by atoms with van der Waals surface area (Å²) in [6.45, 7) is 5.19. The van der Waals surface area contributed by atoms with Crippen LogP contribution in [0.25, 0.3) is 0 Å². The lowest BCUT2D eigenvalue weighted by Crippen LogP contribution is -2.17. The Morgan fingerprint density at radius 2 is 1.70 bits per heavy atom. The Balaban J connectivity index is 1.63. The number of nitrogens with zero attached hydrogens (tertiary/aromatic N) is 1. The molecule has 0 spiro atoms. The first-order chi connectivity index (χ1) is 9.70. The molecule has 2 aromatic rings. The third-order valence-electron chi connectivity index (χ3n) is 3.91. The predicted molar refractivity (Wildman–Crippen MR) is 85.0 cm³/mol. The molecule has 0 atom stereocenters. The number of nitrogens with one attached hydrogen (secondary N) is 1. The smallest absolute Gasteiger partial charge is 0.0376 e. The van der Waals surface area contributed by atoms with Gasteiger partial charge in [0.25, 0.3) is 0 Å². The maximum Gasteiger partial charge on any atom is 0.0376 e. The van der Waals surface area contributed by atoms with Gasteiger partial charge in [-0.3, -0.25) is 4.90 Å². The van der Waals surface area contributed by atoms with E-state index in [4.69, 9.17) is 0 Å². The molecular weight excluding hydrogens is 244 g/mol. The summed E-state index contributed by atoms with van der Waals surface area (Å²) in [7, 11) is 2.18.